The molecule has 4 atom stereocenters. The third-order valence-corrected chi connectivity index (χ3v) is 3.37. The monoisotopic (exact) mass is 318 g/mol. The molecule has 0 amide bonds. The molecule has 1 fully saturated rings. The maximum Gasteiger partial charge on any atom is 0.338 e. The summed E-state index contributed by atoms with van der Waals surface area (Å²) in [4.78, 5) is 11.6. The molecule has 1 N–H and O–H groups in total. The molecular weight excluding hydrogens is 307 g/mol. The number of esters is 1. The van der Waals surface area contributed by atoms with Gasteiger partial charge in [0.15, 0.2) is 6.17 Å². The summed E-state index contributed by atoms with van der Waals surface area (Å²) in [5, 5.41) is 8.62. The minimum absolute atomic E-state index is 0.183. The van der Waals surface area contributed by atoms with E-state index in [0.717, 1.165) is 0 Å². The number of carbonyl (C=O) groups excluding carboxylic acids is 1. The molecular formula is C12H12BrFO4. The standard InChI is InChI=1S/C12H12BrFO4/c13-11-9(14)10(15)8(18-11)6-17-12(16)7-4-2-1-3-5-7/h1-5,8-11,15H,6H2/t8-,9-,10?,11?/m1/s1. The van der Waals surface area contributed by atoms with Crippen molar-refractivity contribution in [2.45, 2.75) is 23.4 Å². The minimum Gasteiger partial charge on any atom is -0.459 e. The van der Waals surface area contributed by atoms with Crippen LogP contribution in [-0.2, 0) is 9.47 Å². The number of aliphatic hydroxyl groups excluding tert-OH is 1. The van der Waals surface area contributed by atoms with Gasteiger partial charge in [0.1, 0.15) is 23.8 Å². The Morgan fingerprint density at radius 3 is 2.67 bits per heavy atom. The van der Waals surface area contributed by atoms with Crippen LogP contribution in [0.15, 0.2) is 30.3 Å². The molecule has 1 aromatic carbocycles. The van der Waals surface area contributed by atoms with Gasteiger partial charge in [0.05, 0.1) is 5.56 Å². The van der Waals surface area contributed by atoms with Gasteiger partial charge < -0.3 is 14.6 Å². The van der Waals surface area contributed by atoms with Crippen LogP contribution in [0, 0.1) is 0 Å². The molecule has 2 unspecified atom stereocenters. The van der Waals surface area contributed by atoms with Crippen molar-refractivity contribution in [2.75, 3.05) is 6.61 Å². The van der Waals surface area contributed by atoms with E-state index in [1.165, 1.54) is 0 Å². The Morgan fingerprint density at radius 2 is 2.11 bits per heavy atom. The van der Waals surface area contributed by atoms with Gasteiger partial charge in [0.2, 0.25) is 0 Å². The average molecular weight is 319 g/mol. The van der Waals surface area contributed by atoms with Crippen LogP contribution in [0.25, 0.3) is 0 Å². The van der Waals surface area contributed by atoms with Crippen LogP contribution in [0.1, 0.15) is 10.4 Å². The highest BCUT2D eigenvalue weighted by atomic mass is 79.9. The number of hydrogen-bond acceptors (Lipinski definition) is 4. The number of alkyl halides is 2. The lowest BCUT2D eigenvalue weighted by molar-refractivity contribution is -0.0196. The number of ether oxygens (including phenoxy) is 2. The summed E-state index contributed by atoms with van der Waals surface area (Å²) in [5.74, 6) is -0.528. The quantitative estimate of drug-likeness (QED) is 0.680. The highest BCUT2D eigenvalue weighted by Crippen LogP contribution is 2.28. The van der Waals surface area contributed by atoms with E-state index >= 15 is 0 Å². The van der Waals surface area contributed by atoms with Crippen molar-refractivity contribution >= 4 is 21.9 Å². The van der Waals surface area contributed by atoms with Crippen molar-refractivity contribution in [1.82, 2.24) is 0 Å². The molecule has 0 aliphatic carbocycles. The molecule has 1 aromatic rings. The first-order valence-corrected chi connectivity index (χ1v) is 6.35. The van der Waals surface area contributed by atoms with Gasteiger partial charge in [-0.05, 0) is 12.1 Å². The van der Waals surface area contributed by atoms with E-state index in [9.17, 15) is 14.3 Å². The lowest BCUT2D eigenvalue weighted by atomic mass is 10.2. The van der Waals surface area contributed by atoms with E-state index in [2.05, 4.69) is 15.9 Å². The number of halogens is 2. The fourth-order valence-electron chi connectivity index (χ4n) is 1.64. The smallest absolute Gasteiger partial charge is 0.338 e. The predicted molar refractivity (Wildman–Crippen MR) is 65.2 cm³/mol. The van der Waals surface area contributed by atoms with Crippen LogP contribution in [0.5, 0.6) is 0 Å². The molecule has 0 spiro atoms. The van der Waals surface area contributed by atoms with E-state index in [0.29, 0.717) is 5.56 Å². The normalized spacial score (nSPS) is 31.3. The number of aliphatic hydroxyl groups is 1. The lowest BCUT2D eigenvalue weighted by Crippen LogP contribution is -2.32. The van der Waals surface area contributed by atoms with Crippen molar-refractivity contribution in [1.29, 1.82) is 0 Å². The zero-order valence-corrected chi connectivity index (χ0v) is 10.9. The zero-order valence-electron chi connectivity index (χ0n) is 9.33. The summed E-state index contributed by atoms with van der Waals surface area (Å²) in [6, 6.07) is 8.43. The highest BCUT2D eigenvalue weighted by Gasteiger charge is 2.43. The van der Waals surface area contributed by atoms with E-state index in [-0.39, 0.29) is 6.61 Å². The SMILES string of the molecule is O=C(OC[C@H]1OC(Br)[C@H](F)C1O)c1ccccc1. The molecule has 1 aliphatic heterocycles. The van der Waals surface area contributed by atoms with Crippen LogP contribution < -0.4 is 0 Å². The first-order chi connectivity index (χ1) is 8.59. The van der Waals surface area contributed by atoms with Crippen molar-refractivity contribution in [3.63, 3.8) is 0 Å². The zero-order chi connectivity index (χ0) is 13.1. The van der Waals surface area contributed by atoms with Crippen LogP contribution in [0.3, 0.4) is 0 Å². The summed E-state index contributed by atoms with van der Waals surface area (Å²) in [6.45, 7) is -0.183. The van der Waals surface area contributed by atoms with Gasteiger partial charge >= 0.3 is 5.97 Å². The maximum absolute atomic E-state index is 13.2. The summed E-state index contributed by atoms with van der Waals surface area (Å²) in [6.07, 6.45) is -3.67. The lowest BCUT2D eigenvalue weighted by Gasteiger charge is -2.13. The Balaban J connectivity index is 1.88. The molecule has 0 radical (unpaired) electrons. The fourth-order valence-corrected chi connectivity index (χ4v) is 2.23. The first kappa shape index (κ1) is 13.5. The molecule has 0 bridgehead atoms. The topological polar surface area (TPSA) is 55.8 Å². The molecule has 6 heteroatoms. The van der Waals surface area contributed by atoms with Gasteiger partial charge in [-0.3, -0.25) is 0 Å². The predicted octanol–water partition coefficient (Wildman–Crippen LogP) is 1.66. The molecule has 18 heavy (non-hydrogen) atoms. The van der Waals surface area contributed by atoms with Crippen LogP contribution in [-0.4, -0.2) is 41.1 Å². The first-order valence-electron chi connectivity index (χ1n) is 5.43. The van der Waals surface area contributed by atoms with Gasteiger partial charge in [-0.25, -0.2) is 9.18 Å². The van der Waals surface area contributed by atoms with Crippen LogP contribution in [0.2, 0.25) is 0 Å². The van der Waals surface area contributed by atoms with Crippen LogP contribution in [0.4, 0.5) is 4.39 Å². The Hall–Kier alpha value is -0.980. The number of benzene rings is 1. The van der Waals surface area contributed by atoms with Gasteiger partial charge in [-0.2, -0.15) is 0 Å². The summed E-state index contributed by atoms with van der Waals surface area (Å²) >= 11 is 2.94. The van der Waals surface area contributed by atoms with Crippen molar-refractivity contribution in [2.24, 2.45) is 0 Å². The second-order valence-corrected chi connectivity index (χ2v) is 4.83. The molecule has 2 rings (SSSR count). The van der Waals surface area contributed by atoms with Gasteiger partial charge in [-0.15, -0.1) is 0 Å². The molecule has 1 aliphatic rings. The third kappa shape index (κ3) is 2.88. The van der Waals surface area contributed by atoms with Gasteiger partial charge in [-0.1, -0.05) is 34.1 Å². The van der Waals surface area contributed by atoms with Crippen LogP contribution >= 0.6 is 15.9 Å². The number of carbonyl (C=O) groups is 1. The Morgan fingerprint density at radius 1 is 1.44 bits per heavy atom. The third-order valence-electron chi connectivity index (χ3n) is 2.65. The Labute approximate surface area is 112 Å². The molecule has 1 heterocycles. The average Bonchev–Trinajstić information content (AvgIpc) is 2.64. The maximum atomic E-state index is 13.2. The molecule has 0 aromatic heterocycles. The Kier molecular flexibility index (Phi) is 4.31. The summed E-state index contributed by atoms with van der Waals surface area (Å²) < 4.78 is 23.3. The molecule has 98 valence electrons. The van der Waals surface area contributed by atoms with Gasteiger partial charge in [0, 0.05) is 0 Å². The minimum atomic E-state index is -1.52. The van der Waals surface area contributed by atoms with E-state index in [1.54, 1.807) is 30.3 Å². The van der Waals surface area contributed by atoms with Crippen molar-refractivity contribution in [3.8, 4) is 0 Å². The highest BCUT2D eigenvalue weighted by molar-refractivity contribution is 9.09. The number of hydrogen-bond donors (Lipinski definition) is 1. The second kappa shape index (κ2) is 5.77. The van der Waals surface area contributed by atoms with E-state index in [4.69, 9.17) is 9.47 Å². The van der Waals surface area contributed by atoms with Gasteiger partial charge in [0.25, 0.3) is 0 Å². The summed E-state index contributed by atoms with van der Waals surface area (Å²) in [7, 11) is 0. The Bertz CT molecular complexity index is 414. The molecule has 4 nitrogen and oxygen atoms in total. The van der Waals surface area contributed by atoms with E-state index in [1.807, 2.05) is 0 Å². The molecule has 1 saturated heterocycles. The largest absolute Gasteiger partial charge is 0.459 e. The van der Waals surface area contributed by atoms with Crippen molar-refractivity contribution < 1.29 is 23.8 Å². The molecule has 0 saturated carbocycles. The fraction of sp³-hybridized carbons (Fsp3) is 0.417. The second-order valence-electron chi connectivity index (χ2n) is 3.93. The van der Waals surface area contributed by atoms with Crippen molar-refractivity contribution in [3.05, 3.63) is 35.9 Å². The van der Waals surface area contributed by atoms with E-state index < -0.39 is 29.4 Å². The number of rotatable bonds is 3. The summed E-state index contributed by atoms with van der Waals surface area (Å²) in [5.41, 5.74) is 0.400.